The maximum absolute atomic E-state index is 14.0. The van der Waals surface area contributed by atoms with Gasteiger partial charge in [0.25, 0.3) is 0 Å². The maximum Gasteiger partial charge on any atom is 0.243 e. The first-order chi connectivity index (χ1) is 21.0. The average molecular weight is 624 g/mol. The Labute approximate surface area is 262 Å². The number of ether oxygens (including phenoxy) is 2. The van der Waals surface area contributed by atoms with Gasteiger partial charge >= 0.3 is 0 Å². The van der Waals surface area contributed by atoms with Gasteiger partial charge in [0.05, 0.1) is 25.7 Å². The third-order valence-electron chi connectivity index (χ3n) is 7.35. The van der Waals surface area contributed by atoms with Gasteiger partial charge < -0.3 is 19.7 Å². The number of hydrogen-bond acceptors (Lipinski definition) is 6. The number of hydrogen-bond donors (Lipinski definition) is 1. The fourth-order valence-electron chi connectivity index (χ4n) is 4.84. The zero-order valence-electron chi connectivity index (χ0n) is 26.4. The highest BCUT2D eigenvalue weighted by Gasteiger charge is 2.31. The van der Waals surface area contributed by atoms with Crippen LogP contribution in [-0.2, 0) is 32.6 Å². The molecule has 0 saturated heterocycles. The number of nitrogens with zero attached hydrogens (tertiary/aromatic N) is 2. The van der Waals surface area contributed by atoms with Crippen LogP contribution in [0.2, 0.25) is 0 Å². The molecule has 0 spiro atoms. The summed E-state index contributed by atoms with van der Waals surface area (Å²) in [6.07, 6.45) is 2.55. The predicted molar refractivity (Wildman–Crippen MR) is 174 cm³/mol. The monoisotopic (exact) mass is 623 g/mol. The highest BCUT2D eigenvalue weighted by molar-refractivity contribution is 7.92. The normalized spacial score (nSPS) is 12.6. The topological polar surface area (TPSA) is 105 Å². The van der Waals surface area contributed by atoms with Crippen molar-refractivity contribution in [1.29, 1.82) is 0 Å². The molecule has 2 amide bonds. The molecule has 2 unspecified atom stereocenters. The van der Waals surface area contributed by atoms with Crippen molar-refractivity contribution in [2.24, 2.45) is 0 Å². The van der Waals surface area contributed by atoms with Crippen LogP contribution in [0.4, 0.5) is 5.69 Å². The molecule has 0 heterocycles. The number of methoxy groups -OCH3 is 1. The van der Waals surface area contributed by atoms with Crippen LogP contribution in [0.3, 0.4) is 0 Å². The number of sulfonamides is 1. The van der Waals surface area contributed by atoms with Crippen molar-refractivity contribution in [1.82, 2.24) is 10.2 Å². The lowest BCUT2D eigenvalue weighted by Gasteiger charge is -2.33. The van der Waals surface area contributed by atoms with Crippen LogP contribution in [0, 0.1) is 0 Å². The summed E-state index contributed by atoms with van der Waals surface area (Å²) >= 11 is 0. The zero-order chi connectivity index (χ0) is 32.1. The summed E-state index contributed by atoms with van der Waals surface area (Å²) in [7, 11) is -2.03. The number of amides is 2. The Kier molecular flexibility index (Phi) is 13.1. The molecule has 1 N–H and O–H groups in total. The van der Waals surface area contributed by atoms with Crippen molar-refractivity contribution in [3.63, 3.8) is 0 Å². The van der Waals surface area contributed by atoms with Crippen molar-refractivity contribution in [3.8, 4) is 11.5 Å². The lowest BCUT2D eigenvalue weighted by Crippen LogP contribution is -2.52. The van der Waals surface area contributed by atoms with Crippen LogP contribution >= 0.6 is 0 Å². The van der Waals surface area contributed by atoms with Crippen LogP contribution < -0.4 is 19.1 Å². The molecule has 238 valence electrons. The molecule has 0 bridgehead atoms. The highest BCUT2D eigenvalue weighted by Crippen LogP contribution is 2.23. The number of benzene rings is 3. The van der Waals surface area contributed by atoms with E-state index in [1.165, 1.54) is 4.31 Å². The number of carbonyl (C=O) groups is 2. The molecule has 3 rings (SSSR count). The van der Waals surface area contributed by atoms with Crippen molar-refractivity contribution < 1.29 is 27.5 Å². The molecular formula is C34H45N3O6S. The van der Waals surface area contributed by atoms with Gasteiger partial charge in [-0.2, -0.15) is 0 Å². The van der Waals surface area contributed by atoms with E-state index in [2.05, 4.69) is 5.32 Å². The SMILES string of the molecule is CCOc1ccc(N(CCCC(=O)N(Cc2cccc(OC)c2)C(Cc2ccccc2)C(=O)NC(C)CC)S(C)(=O)=O)cc1. The molecule has 10 heteroatoms. The minimum atomic E-state index is -3.61. The zero-order valence-corrected chi connectivity index (χ0v) is 27.2. The van der Waals surface area contributed by atoms with E-state index in [4.69, 9.17) is 9.47 Å². The molecule has 0 aliphatic rings. The number of nitrogens with one attached hydrogen (secondary N) is 1. The largest absolute Gasteiger partial charge is 0.497 e. The summed E-state index contributed by atoms with van der Waals surface area (Å²) in [6.45, 7) is 6.61. The van der Waals surface area contributed by atoms with Gasteiger partial charge in [0.1, 0.15) is 17.5 Å². The van der Waals surface area contributed by atoms with E-state index in [0.717, 1.165) is 23.8 Å². The van der Waals surface area contributed by atoms with E-state index < -0.39 is 16.1 Å². The van der Waals surface area contributed by atoms with Gasteiger partial charge in [-0.15, -0.1) is 0 Å². The number of carbonyl (C=O) groups excluding carboxylic acids is 2. The average Bonchev–Trinajstić information content (AvgIpc) is 3.01. The quantitative estimate of drug-likeness (QED) is 0.222. The van der Waals surface area contributed by atoms with E-state index in [1.807, 2.05) is 75.4 Å². The highest BCUT2D eigenvalue weighted by atomic mass is 32.2. The van der Waals surface area contributed by atoms with Crippen LogP contribution in [0.1, 0.15) is 51.2 Å². The van der Waals surface area contributed by atoms with Gasteiger partial charge in [-0.05, 0) is 74.2 Å². The van der Waals surface area contributed by atoms with Crippen LogP contribution in [-0.4, -0.2) is 63.7 Å². The molecule has 0 fully saturated rings. The molecule has 0 radical (unpaired) electrons. The van der Waals surface area contributed by atoms with E-state index in [1.54, 1.807) is 36.3 Å². The lowest BCUT2D eigenvalue weighted by molar-refractivity contribution is -0.141. The lowest BCUT2D eigenvalue weighted by atomic mass is 10.0. The molecule has 3 aromatic carbocycles. The molecule has 2 atom stereocenters. The van der Waals surface area contributed by atoms with Crippen molar-refractivity contribution in [2.45, 2.75) is 65.1 Å². The summed E-state index contributed by atoms with van der Waals surface area (Å²) < 4.78 is 37.6. The second kappa shape index (κ2) is 16.7. The van der Waals surface area contributed by atoms with Gasteiger partial charge in [0.15, 0.2) is 0 Å². The number of rotatable bonds is 17. The van der Waals surface area contributed by atoms with Crippen molar-refractivity contribution >= 4 is 27.5 Å². The predicted octanol–water partition coefficient (Wildman–Crippen LogP) is 5.19. The first-order valence-corrected chi connectivity index (χ1v) is 16.9. The Morgan fingerprint density at radius 3 is 2.20 bits per heavy atom. The summed E-state index contributed by atoms with van der Waals surface area (Å²) in [5.41, 5.74) is 2.24. The molecule has 44 heavy (non-hydrogen) atoms. The first kappa shape index (κ1) is 34.4. The van der Waals surface area contributed by atoms with Crippen molar-refractivity contribution in [3.05, 3.63) is 90.0 Å². The van der Waals surface area contributed by atoms with E-state index in [0.29, 0.717) is 30.2 Å². The van der Waals surface area contributed by atoms with E-state index in [9.17, 15) is 18.0 Å². The standard InChI is InChI=1S/C34H45N3O6S/c1-6-26(3)35-34(39)32(24-27-13-9-8-10-14-27)36(25-28-15-11-16-31(23-28)42-4)33(38)17-12-22-37(44(5,40)41)29-18-20-30(21-19-29)43-7-2/h8-11,13-16,18-21,23,26,32H,6-7,12,17,22,24-25H2,1-5H3,(H,35,39). The molecule has 0 aliphatic heterocycles. The molecule has 0 aromatic heterocycles. The maximum atomic E-state index is 14.0. The molecule has 0 saturated carbocycles. The van der Waals surface area contributed by atoms with E-state index >= 15 is 0 Å². The Morgan fingerprint density at radius 2 is 1.59 bits per heavy atom. The van der Waals surface area contributed by atoms with Crippen LogP contribution in [0.5, 0.6) is 11.5 Å². The summed E-state index contributed by atoms with van der Waals surface area (Å²) in [6, 6.07) is 23.0. The fraction of sp³-hybridized carbons (Fsp3) is 0.412. The van der Waals surface area contributed by atoms with Gasteiger partial charge in [-0.3, -0.25) is 13.9 Å². The minimum absolute atomic E-state index is 0.0505. The van der Waals surface area contributed by atoms with Crippen LogP contribution in [0.25, 0.3) is 0 Å². The van der Waals surface area contributed by atoms with Gasteiger partial charge in [0, 0.05) is 32.0 Å². The Morgan fingerprint density at radius 1 is 0.909 bits per heavy atom. The Bertz CT molecular complexity index is 1450. The Balaban J connectivity index is 1.89. The fourth-order valence-corrected chi connectivity index (χ4v) is 5.81. The molecule has 3 aromatic rings. The first-order valence-electron chi connectivity index (χ1n) is 15.0. The summed E-state index contributed by atoms with van der Waals surface area (Å²) in [5, 5.41) is 3.07. The minimum Gasteiger partial charge on any atom is -0.497 e. The molecular weight excluding hydrogens is 578 g/mol. The summed E-state index contributed by atoms with van der Waals surface area (Å²) in [5.74, 6) is 0.825. The smallest absolute Gasteiger partial charge is 0.243 e. The van der Waals surface area contributed by atoms with Crippen LogP contribution in [0.15, 0.2) is 78.9 Å². The number of anilines is 1. The summed E-state index contributed by atoms with van der Waals surface area (Å²) in [4.78, 5) is 29.3. The van der Waals surface area contributed by atoms with Gasteiger partial charge in [-0.25, -0.2) is 8.42 Å². The third kappa shape index (κ3) is 10.3. The van der Waals surface area contributed by atoms with Gasteiger partial charge in [0.2, 0.25) is 21.8 Å². The molecule has 0 aliphatic carbocycles. The van der Waals surface area contributed by atoms with E-state index in [-0.39, 0.29) is 43.8 Å². The molecule has 9 nitrogen and oxygen atoms in total. The van der Waals surface area contributed by atoms with Crippen molar-refractivity contribution in [2.75, 3.05) is 30.8 Å². The third-order valence-corrected chi connectivity index (χ3v) is 8.54. The Hall–Kier alpha value is -4.05. The second-order valence-corrected chi connectivity index (χ2v) is 12.7. The second-order valence-electron chi connectivity index (χ2n) is 10.8. The van der Waals surface area contributed by atoms with Gasteiger partial charge in [-0.1, -0.05) is 49.4 Å².